The molecule has 98 valence electrons. The van der Waals surface area contributed by atoms with Gasteiger partial charge in [0.1, 0.15) is 5.75 Å². The Labute approximate surface area is 111 Å². The van der Waals surface area contributed by atoms with Gasteiger partial charge in [0.15, 0.2) is 6.29 Å². The van der Waals surface area contributed by atoms with Crippen LogP contribution in [0.4, 0.5) is 0 Å². The summed E-state index contributed by atoms with van der Waals surface area (Å²) in [7, 11) is 0. The Morgan fingerprint density at radius 3 is 2.79 bits per heavy atom. The first-order valence-electron chi connectivity index (χ1n) is 6.16. The summed E-state index contributed by atoms with van der Waals surface area (Å²) >= 11 is 0. The van der Waals surface area contributed by atoms with Crippen molar-refractivity contribution in [3.05, 3.63) is 52.3 Å². The second kappa shape index (κ2) is 6.00. The molecule has 1 N–H and O–H groups in total. The van der Waals surface area contributed by atoms with Crippen LogP contribution >= 0.6 is 0 Å². The Hall–Kier alpha value is -2.36. The highest BCUT2D eigenvalue weighted by molar-refractivity contribution is 5.75. The van der Waals surface area contributed by atoms with Gasteiger partial charge in [0, 0.05) is 11.3 Å². The lowest BCUT2D eigenvalue weighted by molar-refractivity contribution is 0.112. The summed E-state index contributed by atoms with van der Waals surface area (Å²) in [5.41, 5.74) is 1.26. The van der Waals surface area contributed by atoms with E-state index in [0.29, 0.717) is 18.6 Å². The van der Waals surface area contributed by atoms with E-state index in [0.717, 1.165) is 17.7 Å². The lowest BCUT2D eigenvalue weighted by Crippen LogP contribution is -2.11. The van der Waals surface area contributed by atoms with Crippen LogP contribution in [0.5, 0.6) is 5.75 Å². The second-order valence-corrected chi connectivity index (χ2v) is 4.15. The molecule has 0 saturated carbocycles. The smallest absolute Gasteiger partial charge is 0.258 e. The molecule has 0 amide bonds. The number of rotatable bonds is 5. The summed E-state index contributed by atoms with van der Waals surface area (Å²) in [6.45, 7) is 2.70. The molecular weight excluding hydrogens is 242 g/mol. The highest BCUT2D eigenvalue weighted by Crippen LogP contribution is 2.21. The molecule has 0 aliphatic rings. The monoisotopic (exact) mass is 257 g/mol. The molecule has 0 spiro atoms. The first-order valence-corrected chi connectivity index (χ1v) is 6.16. The molecule has 2 rings (SSSR count). The van der Waals surface area contributed by atoms with Crippen molar-refractivity contribution in [2.24, 2.45) is 0 Å². The minimum atomic E-state index is -0.382. The Balaban J connectivity index is 2.33. The molecule has 1 heterocycles. The molecular formula is C15H15NO3. The van der Waals surface area contributed by atoms with E-state index >= 15 is 0 Å². The number of aromatic nitrogens is 1. The molecule has 0 unspecified atom stereocenters. The molecule has 0 radical (unpaired) electrons. The molecule has 2 aromatic rings. The van der Waals surface area contributed by atoms with E-state index in [-0.39, 0.29) is 11.1 Å². The van der Waals surface area contributed by atoms with Gasteiger partial charge in [-0.2, -0.15) is 0 Å². The topological polar surface area (TPSA) is 59.2 Å². The fraction of sp³-hybridized carbons (Fsp3) is 0.200. The highest BCUT2D eigenvalue weighted by atomic mass is 16.5. The number of hydrogen-bond acceptors (Lipinski definition) is 3. The van der Waals surface area contributed by atoms with Crippen molar-refractivity contribution in [2.75, 3.05) is 6.61 Å². The van der Waals surface area contributed by atoms with E-state index < -0.39 is 0 Å². The molecule has 19 heavy (non-hydrogen) atoms. The van der Waals surface area contributed by atoms with Crippen LogP contribution in [0.25, 0.3) is 11.3 Å². The van der Waals surface area contributed by atoms with E-state index in [1.165, 1.54) is 6.07 Å². The summed E-state index contributed by atoms with van der Waals surface area (Å²) in [4.78, 5) is 24.9. The molecule has 4 heteroatoms. The lowest BCUT2D eigenvalue weighted by atomic mass is 10.1. The molecule has 1 aromatic heterocycles. The minimum Gasteiger partial charge on any atom is -0.494 e. The van der Waals surface area contributed by atoms with Crippen molar-refractivity contribution in [1.82, 2.24) is 4.98 Å². The van der Waals surface area contributed by atoms with E-state index in [1.54, 1.807) is 6.07 Å². The number of carbonyl (C=O) groups is 1. The quantitative estimate of drug-likeness (QED) is 0.838. The molecule has 0 saturated heterocycles. The number of H-pyrrole nitrogens is 1. The zero-order chi connectivity index (χ0) is 13.7. The Morgan fingerprint density at radius 1 is 1.26 bits per heavy atom. The largest absolute Gasteiger partial charge is 0.494 e. The van der Waals surface area contributed by atoms with Gasteiger partial charge in [-0.15, -0.1) is 0 Å². The third kappa shape index (κ3) is 3.10. The summed E-state index contributed by atoms with van der Waals surface area (Å²) in [6, 6.07) is 10.7. The van der Waals surface area contributed by atoms with Gasteiger partial charge in [0.2, 0.25) is 0 Å². The maximum atomic E-state index is 11.6. The van der Waals surface area contributed by atoms with Crippen molar-refractivity contribution in [3.63, 3.8) is 0 Å². The van der Waals surface area contributed by atoms with Crippen LogP contribution in [0.3, 0.4) is 0 Å². The Bertz CT molecular complexity index is 631. The van der Waals surface area contributed by atoms with Crippen molar-refractivity contribution in [1.29, 1.82) is 0 Å². The van der Waals surface area contributed by atoms with Gasteiger partial charge in [-0.05, 0) is 30.7 Å². The molecule has 0 aliphatic heterocycles. The van der Waals surface area contributed by atoms with Gasteiger partial charge >= 0.3 is 0 Å². The lowest BCUT2D eigenvalue weighted by Gasteiger charge is -2.07. The van der Waals surface area contributed by atoms with Gasteiger partial charge < -0.3 is 9.72 Å². The average molecular weight is 257 g/mol. The standard InChI is InChI=1S/C15H15NO3/c1-2-8-19-13-5-3-4-11(9-13)14-7-6-12(10-17)15(18)16-14/h3-7,9-10H,2,8H2,1H3,(H,16,18). The van der Waals surface area contributed by atoms with E-state index in [9.17, 15) is 9.59 Å². The summed E-state index contributed by atoms with van der Waals surface area (Å²) < 4.78 is 5.54. The number of aldehydes is 1. The number of hydrogen-bond donors (Lipinski definition) is 1. The van der Waals surface area contributed by atoms with E-state index in [2.05, 4.69) is 4.98 Å². The summed E-state index contributed by atoms with van der Waals surface area (Å²) in [5, 5.41) is 0. The maximum absolute atomic E-state index is 11.6. The zero-order valence-corrected chi connectivity index (χ0v) is 10.7. The average Bonchev–Trinajstić information content (AvgIpc) is 2.45. The van der Waals surface area contributed by atoms with Crippen LogP contribution in [-0.2, 0) is 0 Å². The van der Waals surface area contributed by atoms with Crippen LogP contribution < -0.4 is 10.3 Å². The fourth-order valence-electron chi connectivity index (χ4n) is 1.72. The first kappa shape index (κ1) is 13.1. The first-order chi connectivity index (χ1) is 9.24. The van der Waals surface area contributed by atoms with Crippen LogP contribution in [0.15, 0.2) is 41.2 Å². The van der Waals surface area contributed by atoms with E-state index in [4.69, 9.17) is 4.74 Å². The summed E-state index contributed by atoms with van der Waals surface area (Å²) in [5.74, 6) is 0.764. The van der Waals surface area contributed by atoms with Crippen molar-refractivity contribution >= 4 is 6.29 Å². The van der Waals surface area contributed by atoms with Crippen LogP contribution in [-0.4, -0.2) is 17.9 Å². The highest BCUT2D eigenvalue weighted by Gasteiger charge is 2.03. The van der Waals surface area contributed by atoms with Gasteiger partial charge in [-0.1, -0.05) is 19.1 Å². The van der Waals surface area contributed by atoms with Crippen LogP contribution in [0, 0.1) is 0 Å². The van der Waals surface area contributed by atoms with Crippen molar-refractivity contribution < 1.29 is 9.53 Å². The fourth-order valence-corrected chi connectivity index (χ4v) is 1.72. The number of carbonyl (C=O) groups excluding carboxylic acids is 1. The zero-order valence-electron chi connectivity index (χ0n) is 10.7. The van der Waals surface area contributed by atoms with E-state index in [1.807, 2.05) is 31.2 Å². The van der Waals surface area contributed by atoms with Crippen molar-refractivity contribution in [3.8, 4) is 17.0 Å². The SMILES string of the molecule is CCCOc1cccc(-c2ccc(C=O)c(=O)[nH]2)c1. The second-order valence-electron chi connectivity index (χ2n) is 4.15. The van der Waals surface area contributed by atoms with Gasteiger partial charge in [-0.3, -0.25) is 9.59 Å². The Kier molecular flexibility index (Phi) is 4.13. The Morgan fingerprint density at radius 2 is 2.11 bits per heavy atom. The number of benzene rings is 1. The molecule has 1 aromatic carbocycles. The predicted octanol–water partition coefficient (Wildman–Crippen LogP) is 2.64. The van der Waals surface area contributed by atoms with Crippen molar-refractivity contribution in [2.45, 2.75) is 13.3 Å². The third-order valence-corrected chi connectivity index (χ3v) is 2.68. The molecule has 0 atom stereocenters. The summed E-state index contributed by atoms with van der Waals surface area (Å²) in [6.07, 6.45) is 1.48. The molecule has 0 aliphatic carbocycles. The third-order valence-electron chi connectivity index (χ3n) is 2.68. The number of nitrogens with one attached hydrogen (secondary N) is 1. The molecule has 0 fully saturated rings. The van der Waals surface area contributed by atoms with Gasteiger partial charge in [0.25, 0.3) is 5.56 Å². The normalized spacial score (nSPS) is 10.2. The van der Waals surface area contributed by atoms with Crippen LogP contribution in [0.2, 0.25) is 0 Å². The maximum Gasteiger partial charge on any atom is 0.258 e. The molecule has 0 bridgehead atoms. The molecule has 4 nitrogen and oxygen atoms in total. The minimum absolute atomic E-state index is 0.127. The van der Waals surface area contributed by atoms with Gasteiger partial charge in [0.05, 0.1) is 12.2 Å². The predicted molar refractivity (Wildman–Crippen MR) is 73.7 cm³/mol. The van der Waals surface area contributed by atoms with Gasteiger partial charge in [-0.25, -0.2) is 0 Å². The number of pyridine rings is 1. The van der Waals surface area contributed by atoms with Crippen LogP contribution in [0.1, 0.15) is 23.7 Å². The number of ether oxygens (including phenoxy) is 1. The number of aromatic amines is 1.